The van der Waals surface area contributed by atoms with Crippen LogP contribution in [-0.2, 0) is 11.3 Å². The summed E-state index contributed by atoms with van der Waals surface area (Å²) in [6.07, 6.45) is -0.0483. The van der Waals surface area contributed by atoms with Crippen molar-refractivity contribution in [2.24, 2.45) is 0 Å². The van der Waals surface area contributed by atoms with Crippen LogP contribution in [-0.4, -0.2) is 19.1 Å². The van der Waals surface area contributed by atoms with Gasteiger partial charge in [0.15, 0.2) is 6.10 Å². The van der Waals surface area contributed by atoms with Gasteiger partial charge in [-0.3, -0.25) is 4.79 Å². The maximum Gasteiger partial charge on any atom is 0.261 e. The number of carbonyl (C=O) groups is 1. The molecule has 5 heteroatoms. The zero-order valence-corrected chi connectivity index (χ0v) is 14.0. The van der Waals surface area contributed by atoms with Crippen LogP contribution in [0.3, 0.4) is 0 Å². The van der Waals surface area contributed by atoms with Gasteiger partial charge in [-0.25, -0.2) is 0 Å². The highest BCUT2D eigenvalue weighted by atomic mass is 35.5. The number of ether oxygens (including phenoxy) is 2. The van der Waals surface area contributed by atoms with Crippen molar-refractivity contribution in [1.29, 1.82) is 0 Å². The van der Waals surface area contributed by atoms with E-state index in [-0.39, 0.29) is 5.91 Å². The Morgan fingerprint density at radius 1 is 1.13 bits per heavy atom. The summed E-state index contributed by atoms with van der Waals surface area (Å²) >= 11 is 6.07. The minimum Gasteiger partial charge on any atom is -0.496 e. The van der Waals surface area contributed by atoms with E-state index >= 15 is 0 Å². The maximum atomic E-state index is 12.3. The Kier molecular flexibility index (Phi) is 6.29. The van der Waals surface area contributed by atoms with Crippen molar-refractivity contribution in [3.05, 3.63) is 59.1 Å². The van der Waals surface area contributed by atoms with E-state index < -0.39 is 6.10 Å². The molecule has 1 N–H and O–H groups in total. The Labute approximate surface area is 141 Å². The van der Waals surface area contributed by atoms with Crippen molar-refractivity contribution in [3.8, 4) is 11.5 Å². The number of carbonyl (C=O) groups excluding carboxylic acids is 1. The van der Waals surface area contributed by atoms with E-state index in [0.29, 0.717) is 23.7 Å². The van der Waals surface area contributed by atoms with Gasteiger partial charge in [-0.15, -0.1) is 0 Å². The van der Waals surface area contributed by atoms with Gasteiger partial charge in [0, 0.05) is 12.1 Å². The lowest BCUT2D eigenvalue weighted by Crippen LogP contribution is -2.37. The molecule has 23 heavy (non-hydrogen) atoms. The molecule has 0 saturated heterocycles. The molecule has 0 unspecified atom stereocenters. The fraction of sp³-hybridized carbons (Fsp3) is 0.278. The molecule has 1 amide bonds. The molecule has 1 atom stereocenters. The summed E-state index contributed by atoms with van der Waals surface area (Å²) in [6, 6.07) is 14.7. The molecule has 0 spiro atoms. The summed E-state index contributed by atoms with van der Waals surface area (Å²) in [6.45, 7) is 2.27. The number of rotatable bonds is 7. The fourth-order valence-electron chi connectivity index (χ4n) is 2.16. The lowest BCUT2D eigenvalue weighted by molar-refractivity contribution is -0.128. The first-order chi connectivity index (χ1) is 11.2. The summed E-state index contributed by atoms with van der Waals surface area (Å²) in [5.41, 5.74) is 0.913. The zero-order valence-electron chi connectivity index (χ0n) is 13.2. The van der Waals surface area contributed by atoms with E-state index in [1.165, 1.54) is 0 Å². The van der Waals surface area contributed by atoms with Crippen LogP contribution in [0.25, 0.3) is 0 Å². The third kappa shape index (κ3) is 4.63. The average Bonchev–Trinajstić information content (AvgIpc) is 2.59. The molecule has 0 aliphatic rings. The number of nitrogens with one attached hydrogen (secondary N) is 1. The number of para-hydroxylation sites is 2. The minimum absolute atomic E-state index is 0.182. The fourth-order valence-corrected chi connectivity index (χ4v) is 2.34. The van der Waals surface area contributed by atoms with Crippen molar-refractivity contribution in [2.75, 3.05) is 7.11 Å². The largest absolute Gasteiger partial charge is 0.496 e. The van der Waals surface area contributed by atoms with Crippen LogP contribution in [0.1, 0.15) is 18.9 Å². The topological polar surface area (TPSA) is 47.6 Å². The van der Waals surface area contributed by atoms with E-state index in [1.54, 1.807) is 19.2 Å². The van der Waals surface area contributed by atoms with Gasteiger partial charge in [0.05, 0.1) is 12.1 Å². The van der Waals surface area contributed by atoms with Crippen LogP contribution in [0.5, 0.6) is 11.5 Å². The Morgan fingerprint density at radius 3 is 2.43 bits per heavy atom. The van der Waals surface area contributed by atoms with Gasteiger partial charge < -0.3 is 14.8 Å². The molecular weight excluding hydrogens is 314 g/mol. The summed E-state index contributed by atoms with van der Waals surface area (Å²) in [4.78, 5) is 12.3. The highest BCUT2D eigenvalue weighted by Crippen LogP contribution is 2.25. The molecule has 2 aromatic rings. The first kappa shape index (κ1) is 17.2. The molecule has 0 radical (unpaired) electrons. The standard InChI is InChI=1S/C18H20ClNO3/c1-3-15(23-17-11-7-5-9-14(17)19)18(21)20-12-13-8-4-6-10-16(13)22-2/h4-11,15H,3,12H2,1-2H3,(H,20,21)/t15-/m1/s1. The second-order valence-electron chi connectivity index (χ2n) is 4.97. The van der Waals surface area contributed by atoms with E-state index in [0.717, 1.165) is 11.3 Å². The molecule has 122 valence electrons. The first-order valence-corrected chi connectivity index (χ1v) is 7.84. The smallest absolute Gasteiger partial charge is 0.261 e. The quantitative estimate of drug-likeness (QED) is 0.837. The third-order valence-electron chi connectivity index (χ3n) is 3.41. The number of amides is 1. The molecule has 4 nitrogen and oxygen atoms in total. The number of hydrogen-bond donors (Lipinski definition) is 1. The Morgan fingerprint density at radius 2 is 1.78 bits per heavy atom. The molecule has 0 fully saturated rings. The van der Waals surface area contributed by atoms with Crippen LogP contribution < -0.4 is 14.8 Å². The highest BCUT2D eigenvalue weighted by Gasteiger charge is 2.19. The second kappa shape index (κ2) is 8.44. The molecule has 0 aromatic heterocycles. The van der Waals surface area contributed by atoms with Crippen molar-refractivity contribution >= 4 is 17.5 Å². The van der Waals surface area contributed by atoms with Crippen molar-refractivity contribution < 1.29 is 14.3 Å². The van der Waals surface area contributed by atoms with E-state index in [1.807, 2.05) is 43.3 Å². The van der Waals surface area contributed by atoms with Gasteiger partial charge in [0.1, 0.15) is 11.5 Å². The summed E-state index contributed by atoms with van der Waals surface area (Å²) in [7, 11) is 1.61. The van der Waals surface area contributed by atoms with Crippen LogP contribution >= 0.6 is 11.6 Å². The van der Waals surface area contributed by atoms with E-state index in [4.69, 9.17) is 21.1 Å². The monoisotopic (exact) mass is 333 g/mol. The van der Waals surface area contributed by atoms with Crippen LogP contribution in [0.15, 0.2) is 48.5 Å². The summed E-state index contributed by atoms with van der Waals surface area (Å²) in [5.74, 6) is 1.07. The van der Waals surface area contributed by atoms with Crippen molar-refractivity contribution in [1.82, 2.24) is 5.32 Å². The second-order valence-corrected chi connectivity index (χ2v) is 5.38. The molecule has 2 aromatic carbocycles. The molecule has 0 aliphatic heterocycles. The van der Waals surface area contributed by atoms with Gasteiger partial charge in [-0.05, 0) is 24.6 Å². The van der Waals surface area contributed by atoms with Gasteiger partial charge in [0.2, 0.25) is 0 Å². The molecule has 2 rings (SSSR count). The van der Waals surface area contributed by atoms with E-state index in [2.05, 4.69) is 5.32 Å². The lowest BCUT2D eigenvalue weighted by atomic mass is 10.2. The number of halogens is 1. The lowest BCUT2D eigenvalue weighted by Gasteiger charge is -2.18. The highest BCUT2D eigenvalue weighted by molar-refractivity contribution is 6.32. The van der Waals surface area contributed by atoms with Gasteiger partial charge in [0.25, 0.3) is 5.91 Å². The Bertz CT molecular complexity index is 660. The summed E-state index contributed by atoms with van der Waals surface area (Å²) in [5, 5.41) is 3.37. The molecule has 0 saturated carbocycles. The van der Waals surface area contributed by atoms with Gasteiger partial charge in [-0.1, -0.05) is 48.9 Å². The van der Waals surface area contributed by atoms with Crippen molar-refractivity contribution in [3.63, 3.8) is 0 Å². The number of benzene rings is 2. The molecular formula is C18H20ClNO3. The predicted octanol–water partition coefficient (Wildman–Crippen LogP) is 3.82. The first-order valence-electron chi connectivity index (χ1n) is 7.46. The van der Waals surface area contributed by atoms with Crippen molar-refractivity contribution in [2.45, 2.75) is 26.0 Å². The normalized spacial score (nSPS) is 11.6. The average molecular weight is 334 g/mol. The van der Waals surface area contributed by atoms with Crippen LogP contribution in [0.2, 0.25) is 5.02 Å². The molecule has 0 heterocycles. The van der Waals surface area contributed by atoms with E-state index in [9.17, 15) is 4.79 Å². The predicted molar refractivity (Wildman–Crippen MR) is 91.0 cm³/mol. The zero-order chi connectivity index (χ0) is 16.7. The maximum absolute atomic E-state index is 12.3. The van der Waals surface area contributed by atoms with Gasteiger partial charge >= 0.3 is 0 Å². The van der Waals surface area contributed by atoms with Crippen LogP contribution in [0, 0.1) is 0 Å². The third-order valence-corrected chi connectivity index (χ3v) is 3.73. The SMILES string of the molecule is CC[C@@H](Oc1ccccc1Cl)C(=O)NCc1ccccc1OC. The van der Waals surface area contributed by atoms with Gasteiger partial charge in [-0.2, -0.15) is 0 Å². The Balaban J connectivity index is 1.99. The van der Waals surface area contributed by atoms with Crippen LogP contribution in [0.4, 0.5) is 0 Å². The minimum atomic E-state index is -0.593. The molecule has 0 aliphatic carbocycles. The Hall–Kier alpha value is -2.20. The number of hydrogen-bond acceptors (Lipinski definition) is 3. The summed E-state index contributed by atoms with van der Waals surface area (Å²) < 4.78 is 11.0. The molecule has 0 bridgehead atoms. The number of methoxy groups -OCH3 is 1.